The first-order chi connectivity index (χ1) is 8.67. The molecule has 0 spiro atoms. The highest BCUT2D eigenvalue weighted by atomic mass is 16.5. The zero-order chi connectivity index (χ0) is 13.1. The van der Waals surface area contributed by atoms with Gasteiger partial charge in [0.25, 0.3) is 0 Å². The van der Waals surface area contributed by atoms with Crippen LogP contribution in [0.2, 0.25) is 0 Å². The second-order valence-corrected chi connectivity index (χ2v) is 4.70. The average Bonchev–Trinajstić information content (AvgIpc) is 2.38. The van der Waals surface area contributed by atoms with Gasteiger partial charge in [0.15, 0.2) is 5.82 Å². The van der Waals surface area contributed by atoms with Gasteiger partial charge >= 0.3 is 0 Å². The quantitative estimate of drug-likeness (QED) is 0.618. The first-order valence-electron chi connectivity index (χ1n) is 6.14. The molecule has 0 fully saturated rings. The summed E-state index contributed by atoms with van der Waals surface area (Å²) in [6, 6.07) is 0. The molecule has 0 radical (unpaired) electrons. The molecule has 6 heteroatoms. The molecular formula is C12H20N4O2. The van der Waals surface area contributed by atoms with E-state index in [0.29, 0.717) is 30.8 Å². The van der Waals surface area contributed by atoms with Crippen molar-refractivity contribution in [3.63, 3.8) is 0 Å². The first-order valence-corrected chi connectivity index (χ1v) is 6.14. The van der Waals surface area contributed by atoms with Crippen molar-refractivity contribution in [2.24, 2.45) is 11.8 Å². The van der Waals surface area contributed by atoms with E-state index in [1.807, 2.05) is 0 Å². The number of rotatable bonds is 4. The highest BCUT2D eigenvalue weighted by Gasteiger charge is 2.23. The van der Waals surface area contributed by atoms with Gasteiger partial charge in [-0.05, 0) is 5.92 Å². The number of nitrogens with one attached hydrogen (secondary N) is 1. The molecule has 1 aliphatic heterocycles. The minimum absolute atomic E-state index is 0.120. The molecule has 0 amide bonds. The van der Waals surface area contributed by atoms with E-state index in [-0.39, 0.29) is 6.10 Å². The number of hydrazine groups is 1. The van der Waals surface area contributed by atoms with Crippen LogP contribution in [0.5, 0.6) is 0 Å². The molecule has 1 aromatic heterocycles. The summed E-state index contributed by atoms with van der Waals surface area (Å²) < 4.78 is 10.9. The number of aromatic nitrogens is 2. The van der Waals surface area contributed by atoms with Crippen LogP contribution in [0.25, 0.3) is 0 Å². The van der Waals surface area contributed by atoms with E-state index in [1.54, 1.807) is 7.11 Å². The molecule has 6 nitrogen and oxygen atoms in total. The molecule has 100 valence electrons. The summed E-state index contributed by atoms with van der Waals surface area (Å²) in [7, 11) is 1.67. The highest BCUT2D eigenvalue weighted by Crippen LogP contribution is 2.27. The minimum Gasteiger partial charge on any atom is -0.376 e. The van der Waals surface area contributed by atoms with Gasteiger partial charge in [-0.3, -0.25) is 0 Å². The Morgan fingerprint density at radius 1 is 1.39 bits per heavy atom. The minimum atomic E-state index is -0.120. The van der Waals surface area contributed by atoms with Crippen LogP contribution in [-0.2, 0) is 22.5 Å². The summed E-state index contributed by atoms with van der Waals surface area (Å²) in [6.07, 6.45) is 0.666. The number of nitrogens with two attached hydrogens (primary N) is 1. The standard InChI is InChI=1S/C12H20N4O2/c1-7(2)10(17-3)12-14-9-4-5-18-6-8(9)11(15-12)16-13/h7,10H,4-6,13H2,1-3H3,(H,14,15,16). The lowest BCUT2D eigenvalue weighted by molar-refractivity contribution is 0.0564. The SMILES string of the molecule is COC(c1nc2c(c(NN)n1)COCC2)C(C)C. The van der Waals surface area contributed by atoms with Crippen molar-refractivity contribution in [2.75, 3.05) is 19.1 Å². The molecule has 2 heterocycles. The molecule has 0 aromatic carbocycles. The van der Waals surface area contributed by atoms with Crippen LogP contribution >= 0.6 is 0 Å². The van der Waals surface area contributed by atoms with Gasteiger partial charge in [0.1, 0.15) is 11.9 Å². The monoisotopic (exact) mass is 252 g/mol. The predicted octanol–water partition coefficient (Wildman–Crippen LogP) is 1.18. The molecule has 2 rings (SSSR count). The Labute approximate surface area is 107 Å². The van der Waals surface area contributed by atoms with Crippen LogP contribution in [0.4, 0.5) is 5.82 Å². The Morgan fingerprint density at radius 2 is 2.17 bits per heavy atom. The molecule has 0 bridgehead atoms. The van der Waals surface area contributed by atoms with Crippen molar-refractivity contribution in [2.45, 2.75) is 33.0 Å². The largest absolute Gasteiger partial charge is 0.376 e. The number of methoxy groups -OCH3 is 1. The van der Waals surface area contributed by atoms with Gasteiger partial charge in [-0.2, -0.15) is 0 Å². The van der Waals surface area contributed by atoms with Crippen molar-refractivity contribution >= 4 is 5.82 Å². The van der Waals surface area contributed by atoms with E-state index in [1.165, 1.54) is 0 Å². The molecule has 1 aliphatic rings. The number of hydrogen-bond donors (Lipinski definition) is 2. The fraction of sp³-hybridized carbons (Fsp3) is 0.667. The van der Waals surface area contributed by atoms with E-state index in [4.69, 9.17) is 15.3 Å². The van der Waals surface area contributed by atoms with Crippen molar-refractivity contribution in [3.8, 4) is 0 Å². The van der Waals surface area contributed by atoms with E-state index in [9.17, 15) is 0 Å². The van der Waals surface area contributed by atoms with Crippen LogP contribution < -0.4 is 11.3 Å². The van der Waals surface area contributed by atoms with Gasteiger partial charge in [-0.25, -0.2) is 15.8 Å². The molecule has 0 saturated heterocycles. The van der Waals surface area contributed by atoms with Gasteiger partial charge in [-0.15, -0.1) is 0 Å². The fourth-order valence-corrected chi connectivity index (χ4v) is 2.17. The van der Waals surface area contributed by atoms with Gasteiger partial charge in [0.05, 0.1) is 18.9 Å². The van der Waals surface area contributed by atoms with Gasteiger partial charge < -0.3 is 14.9 Å². The smallest absolute Gasteiger partial charge is 0.160 e. The Morgan fingerprint density at radius 3 is 2.78 bits per heavy atom. The molecule has 1 aromatic rings. The van der Waals surface area contributed by atoms with Crippen molar-refractivity contribution in [1.82, 2.24) is 9.97 Å². The normalized spacial score (nSPS) is 16.5. The van der Waals surface area contributed by atoms with Crippen molar-refractivity contribution in [3.05, 3.63) is 17.1 Å². The van der Waals surface area contributed by atoms with E-state index >= 15 is 0 Å². The van der Waals surface area contributed by atoms with Crippen molar-refractivity contribution in [1.29, 1.82) is 0 Å². The topological polar surface area (TPSA) is 82.3 Å². The zero-order valence-corrected chi connectivity index (χ0v) is 11.1. The van der Waals surface area contributed by atoms with E-state index in [2.05, 4.69) is 29.2 Å². The lowest BCUT2D eigenvalue weighted by atomic mass is 10.1. The molecule has 1 atom stereocenters. The summed E-state index contributed by atoms with van der Waals surface area (Å²) in [5, 5.41) is 0. The fourth-order valence-electron chi connectivity index (χ4n) is 2.17. The number of anilines is 1. The summed E-state index contributed by atoms with van der Waals surface area (Å²) in [4.78, 5) is 9.05. The third kappa shape index (κ3) is 2.45. The zero-order valence-electron chi connectivity index (χ0n) is 11.1. The summed E-state index contributed by atoms with van der Waals surface area (Å²) >= 11 is 0. The summed E-state index contributed by atoms with van der Waals surface area (Å²) in [5.74, 6) is 7.15. The van der Waals surface area contributed by atoms with Gasteiger partial charge in [-0.1, -0.05) is 13.8 Å². The van der Waals surface area contributed by atoms with Crippen LogP contribution in [0, 0.1) is 5.92 Å². The first kappa shape index (κ1) is 13.2. The van der Waals surface area contributed by atoms with E-state index in [0.717, 1.165) is 17.7 Å². The van der Waals surface area contributed by atoms with Crippen LogP contribution in [0.1, 0.15) is 37.0 Å². The van der Waals surface area contributed by atoms with Crippen LogP contribution in [-0.4, -0.2) is 23.7 Å². The molecule has 0 saturated carbocycles. The van der Waals surface area contributed by atoms with Crippen LogP contribution in [0.3, 0.4) is 0 Å². The number of nitrogen functional groups attached to an aromatic ring is 1. The molecule has 3 N–H and O–H groups in total. The predicted molar refractivity (Wildman–Crippen MR) is 67.8 cm³/mol. The second kappa shape index (κ2) is 5.60. The van der Waals surface area contributed by atoms with Gasteiger partial charge in [0.2, 0.25) is 0 Å². The lowest BCUT2D eigenvalue weighted by Gasteiger charge is -2.23. The molecule has 0 aliphatic carbocycles. The number of hydrogen-bond acceptors (Lipinski definition) is 6. The van der Waals surface area contributed by atoms with Crippen LogP contribution in [0.15, 0.2) is 0 Å². The Bertz CT molecular complexity index is 406. The lowest BCUT2D eigenvalue weighted by Crippen LogP contribution is -2.23. The maximum atomic E-state index is 5.52. The number of fused-ring (bicyclic) bond motifs is 1. The molecule has 1 unspecified atom stereocenters. The summed E-state index contributed by atoms with van der Waals surface area (Å²) in [6.45, 7) is 5.35. The van der Waals surface area contributed by atoms with E-state index < -0.39 is 0 Å². The summed E-state index contributed by atoms with van der Waals surface area (Å²) in [5.41, 5.74) is 4.58. The average molecular weight is 252 g/mol. The Kier molecular flexibility index (Phi) is 4.11. The Hall–Kier alpha value is -1.24. The number of nitrogens with zero attached hydrogens (tertiary/aromatic N) is 2. The third-order valence-corrected chi connectivity index (χ3v) is 3.09. The maximum Gasteiger partial charge on any atom is 0.160 e. The molecule has 18 heavy (non-hydrogen) atoms. The maximum absolute atomic E-state index is 5.52. The third-order valence-electron chi connectivity index (χ3n) is 3.09. The molecular weight excluding hydrogens is 232 g/mol. The Balaban J connectivity index is 2.43. The number of ether oxygens (including phenoxy) is 2. The van der Waals surface area contributed by atoms with Crippen molar-refractivity contribution < 1.29 is 9.47 Å². The second-order valence-electron chi connectivity index (χ2n) is 4.70. The van der Waals surface area contributed by atoms with Gasteiger partial charge in [0, 0.05) is 19.1 Å². The highest BCUT2D eigenvalue weighted by molar-refractivity contribution is 5.46.